The summed E-state index contributed by atoms with van der Waals surface area (Å²) in [5.74, 6) is -2.19. The van der Waals surface area contributed by atoms with Crippen molar-refractivity contribution in [1.82, 2.24) is 14.2 Å². The second-order valence-corrected chi connectivity index (χ2v) is 7.41. The van der Waals surface area contributed by atoms with Gasteiger partial charge in [-0.05, 0) is 24.3 Å². The lowest BCUT2D eigenvalue weighted by Crippen LogP contribution is -2.50. The fraction of sp³-hybridized carbons (Fsp3) is 0.250. The van der Waals surface area contributed by atoms with Crippen molar-refractivity contribution in [3.63, 3.8) is 0 Å². The highest BCUT2D eigenvalue weighted by atomic mass is 32.2. The molecule has 0 radical (unpaired) electrons. The zero-order valence-corrected chi connectivity index (χ0v) is 13.9. The maximum Gasteiger partial charge on any atom is 0.254 e. The predicted molar refractivity (Wildman–Crippen MR) is 85.3 cm³/mol. The first-order valence-corrected chi connectivity index (χ1v) is 8.98. The van der Waals surface area contributed by atoms with Gasteiger partial charge in [-0.15, -0.1) is 0 Å². The lowest BCUT2D eigenvalue weighted by molar-refractivity contribution is 0.0697. The zero-order chi connectivity index (χ0) is 18.0. The summed E-state index contributed by atoms with van der Waals surface area (Å²) >= 11 is 0. The number of carbonyl (C=O) groups is 1. The third kappa shape index (κ3) is 3.52. The van der Waals surface area contributed by atoms with Crippen molar-refractivity contribution in [2.24, 2.45) is 0 Å². The van der Waals surface area contributed by atoms with Gasteiger partial charge in [0.15, 0.2) is 0 Å². The normalized spacial score (nSPS) is 16.0. The van der Waals surface area contributed by atoms with E-state index < -0.39 is 26.6 Å². The van der Waals surface area contributed by atoms with Gasteiger partial charge in [0, 0.05) is 50.2 Å². The summed E-state index contributed by atoms with van der Waals surface area (Å²) in [6, 6.07) is 5.52. The Bertz CT molecular complexity index is 883. The first kappa shape index (κ1) is 17.4. The highest BCUT2D eigenvalue weighted by molar-refractivity contribution is 7.89. The van der Waals surface area contributed by atoms with Crippen LogP contribution in [0.15, 0.2) is 47.6 Å². The minimum atomic E-state index is -4.08. The average molecular weight is 367 g/mol. The molecule has 3 rings (SSSR count). The first-order valence-electron chi connectivity index (χ1n) is 7.54. The molecule has 0 N–H and O–H groups in total. The molecule has 1 amide bonds. The van der Waals surface area contributed by atoms with E-state index in [1.165, 1.54) is 17.3 Å². The van der Waals surface area contributed by atoms with Gasteiger partial charge in [-0.3, -0.25) is 9.78 Å². The highest BCUT2D eigenvalue weighted by Crippen LogP contribution is 2.21. The van der Waals surface area contributed by atoms with E-state index in [4.69, 9.17) is 0 Å². The molecule has 1 aliphatic heterocycles. The predicted octanol–water partition coefficient (Wildman–Crippen LogP) is 1.51. The zero-order valence-electron chi connectivity index (χ0n) is 13.1. The van der Waals surface area contributed by atoms with Gasteiger partial charge in [-0.2, -0.15) is 4.31 Å². The quantitative estimate of drug-likeness (QED) is 0.825. The molecule has 0 aliphatic carbocycles. The molecule has 0 unspecified atom stereocenters. The van der Waals surface area contributed by atoms with Crippen LogP contribution in [0.5, 0.6) is 0 Å². The van der Waals surface area contributed by atoms with Crippen LogP contribution < -0.4 is 0 Å². The van der Waals surface area contributed by atoms with Crippen LogP contribution in [0.25, 0.3) is 0 Å². The monoisotopic (exact) mass is 367 g/mol. The molecule has 132 valence electrons. The van der Waals surface area contributed by atoms with Crippen molar-refractivity contribution in [1.29, 1.82) is 0 Å². The number of rotatable bonds is 3. The van der Waals surface area contributed by atoms with E-state index in [1.54, 1.807) is 12.1 Å². The van der Waals surface area contributed by atoms with Crippen LogP contribution in [0.3, 0.4) is 0 Å². The fourth-order valence-corrected chi connectivity index (χ4v) is 4.10. The molecule has 6 nitrogen and oxygen atoms in total. The van der Waals surface area contributed by atoms with Crippen LogP contribution in [0.2, 0.25) is 0 Å². The molecule has 1 aromatic heterocycles. The molecule has 0 saturated carbocycles. The average Bonchev–Trinajstić information content (AvgIpc) is 2.61. The molecule has 1 saturated heterocycles. The number of carbonyl (C=O) groups excluding carboxylic acids is 1. The van der Waals surface area contributed by atoms with E-state index in [0.717, 1.165) is 16.4 Å². The maximum absolute atomic E-state index is 13.8. The standard InChI is InChI=1S/C16H15F2N3O3S/c17-13-1-2-15(14(18)11-13)25(23,24)21-9-7-20(8-10-21)16(22)12-3-5-19-6-4-12/h1-6,11H,7-10H2. The van der Waals surface area contributed by atoms with E-state index in [9.17, 15) is 22.0 Å². The second kappa shape index (κ2) is 6.85. The topological polar surface area (TPSA) is 70.6 Å². The summed E-state index contributed by atoms with van der Waals surface area (Å²) in [6.45, 7) is 0.443. The van der Waals surface area contributed by atoms with Crippen molar-refractivity contribution < 1.29 is 22.0 Å². The summed E-state index contributed by atoms with van der Waals surface area (Å²) in [5.41, 5.74) is 0.468. The summed E-state index contributed by atoms with van der Waals surface area (Å²) in [5, 5.41) is 0. The maximum atomic E-state index is 13.8. The molecule has 0 bridgehead atoms. The number of benzene rings is 1. The van der Waals surface area contributed by atoms with Gasteiger partial charge in [-0.25, -0.2) is 17.2 Å². The Labute approximate surface area is 143 Å². The lowest BCUT2D eigenvalue weighted by atomic mass is 10.2. The summed E-state index contributed by atoms with van der Waals surface area (Å²) in [6.07, 6.45) is 3.01. The van der Waals surface area contributed by atoms with Crippen LogP contribution in [-0.2, 0) is 10.0 Å². The number of hydrogen-bond acceptors (Lipinski definition) is 4. The lowest BCUT2D eigenvalue weighted by Gasteiger charge is -2.34. The molecule has 1 aliphatic rings. The second-order valence-electron chi connectivity index (χ2n) is 5.51. The largest absolute Gasteiger partial charge is 0.336 e. The molecule has 0 spiro atoms. The van der Waals surface area contributed by atoms with Crippen LogP contribution in [0, 0.1) is 11.6 Å². The van der Waals surface area contributed by atoms with Crippen molar-refractivity contribution in [2.45, 2.75) is 4.90 Å². The highest BCUT2D eigenvalue weighted by Gasteiger charge is 2.32. The Balaban J connectivity index is 1.72. The van der Waals surface area contributed by atoms with E-state index in [-0.39, 0.29) is 32.1 Å². The molecule has 1 aromatic carbocycles. The van der Waals surface area contributed by atoms with Crippen molar-refractivity contribution in [3.8, 4) is 0 Å². The molecule has 1 fully saturated rings. The number of halogens is 2. The van der Waals surface area contributed by atoms with Gasteiger partial charge in [0.05, 0.1) is 0 Å². The van der Waals surface area contributed by atoms with Crippen molar-refractivity contribution >= 4 is 15.9 Å². The molecular weight excluding hydrogens is 352 g/mol. The number of amides is 1. The Hall–Kier alpha value is -2.39. The SMILES string of the molecule is O=C(c1ccncc1)N1CCN(S(=O)(=O)c2ccc(F)cc2F)CC1. The van der Waals surface area contributed by atoms with E-state index in [0.29, 0.717) is 11.6 Å². The van der Waals surface area contributed by atoms with Crippen LogP contribution in [0.4, 0.5) is 8.78 Å². The number of aromatic nitrogens is 1. The molecular formula is C16H15F2N3O3S. The summed E-state index contributed by atoms with van der Waals surface area (Å²) in [7, 11) is -4.08. The molecule has 25 heavy (non-hydrogen) atoms. The number of piperazine rings is 1. The van der Waals surface area contributed by atoms with Crippen molar-refractivity contribution in [2.75, 3.05) is 26.2 Å². The van der Waals surface area contributed by atoms with Gasteiger partial charge < -0.3 is 4.90 Å². The molecule has 2 heterocycles. The van der Waals surface area contributed by atoms with Gasteiger partial charge in [0.1, 0.15) is 16.5 Å². The Morgan fingerprint density at radius 2 is 1.64 bits per heavy atom. The third-order valence-electron chi connectivity index (χ3n) is 3.96. The molecule has 9 heteroatoms. The summed E-state index contributed by atoms with van der Waals surface area (Å²) < 4.78 is 52.9. The molecule has 2 aromatic rings. The minimum absolute atomic E-state index is 0.0377. The first-order chi connectivity index (χ1) is 11.9. The number of nitrogens with zero attached hydrogens (tertiary/aromatic N) is 3. The fourth-order valence-electron chi connectivity index (χ4n) is 2.63. The van der Waals surface area contributed by atoms with Crippen LogP contribution >= 0.6 is 0 Å². The Morgan fingerprint density at radius 3 is 2.24 bits per heavy atom. The van der Waals surface area contributed by atoms with Crippen molar-refractivity contribution in [3.05, 3.63) is 59.9 Å². The van der Waals surface area contributed by atoms with Gasteiger partial charge in [-0.1, -0.05) is 0 Å². The smallest absolute Gasteiger partial charge is 0.254 e. The van der Waals surface area contributed by atoms with Gasteiger partial charge in [0.2, 0.25) is 10.0 Å². The van der Waals surface area contributed by atoms with E-state index in [1.807, 2.05) is 0 Å². The van der Waals surface area contributed by atoms with Crippen LogP contribution in [-0.4, -0.2) is 54.7 Å². The Morgan fingerprint density at radius 1 is 1.00 bits per heavy atom. The number of hydrogen-bond donors (Lipinski definition) is 0. The summed E-state index contributed by atoms with van der Waals surface area (Å²) in [4.78, 5) is 17.2. The van der Waals surface area contributed by atoms with E-state index >= 15 is 0 Å². The van der Waals surface area contributed by atoms with Gasteiger partial charge >= 0.3 is 0 Å². The van der Waals surface area contributed by atoms with E-state index in [2.05, 4.69) is 4.98 Å². The van der Waals surface area contributed by atoms with Crippen LogP contribution in [0.1, 0.15) is 10.4 Å². The Kier molecular flexibility index (Phi) is 4.78. The van der Waals surface area contributed by atoms with Gasteiger partial charge in [0.25, 0.3) is 5.91 Å². The number of pyridine rings is 1. The third-order valence-corrected chi connectivity index (χ3v) is 5.90. The number of sulfonamides is 1. The molecule has 0 atom stereocenters. The minimum Gasteiger partial charge on any atom is -0.336 e.